The summed E-state index contributed by atoms with van der Waals surface area (Å²) in [6.07, 6.45) is 7.48. The van der Waals surface area contributed by atoms with E-state index in [0.29, 0.717) is 6.04 Å². The minimum Gasteiger partial charge on any atom is -0.291 e. The van der Waals surface area contributed by atoms with Crippen LogP contribution in [0.2, 0.25) is 0 Å². The molecule has 0 N–H and O–H groups in total. The van der Waals surface area contributed by atoms with E-state index in [-0.39, 0.29) is 0 Å². The first-order chi connectivity index (χ1) is 7.83. The van der Waals surface area contributed by atoms with Gasteiger partial charge in [0.1, 0.15) is 0 Å². The standard InChI is InChI=1S/C15H19N/c1-11-8-9-14(16-11)10-13-6-2-4-12-5-3-7-15(12)13/h2,4,6,11H,3,5,7-10H2,1H3. The van der Waals surface area contributed by atoms with Crippen molar-refractivity contribution >= 4 is 5.71 Å². The SMILES string of the molecule is CC1CCC(Cc2cccc3c2CCC3)=N1. The Bertz CT molecular complexity index is 431. The van der Waals surface area contributed by atoms with Gasteiger partial charge in [-0.15, -0.1) is 0 Å². The minimum absolute atomic E-state index is 0.562. The molecule has 0 aromatic heterocycles. The Kier molecular flexibility index (Phi) is 2.55. The van der Waals surface area contributed by atoms with Gasteiger partial charge in [-0.05, 0) is 55.7 Å². The first-order valence-corrected chi connectivity index (χ1v) is 6.48. The summed E-state index contributed by atoms with van der Waals surface area (Å²) in [4.78, 5) is 4.73. The molecule has 1 unspecified atom stereocenters. The molecular formula is C15H19N. The number of aryl methyl sites for hydroxylation is 1. The molecule has 1 aliphatic heterocycles. The van der Waals surface area contributed by atoms with Crippen LogP contribution >= 0.6 is 0 Å². The van der Waals surface area contributed by atoms with Gasteiger partial charge in [-0.3, -0.25) is 4.99 Å². The van der Waals surface area contributed by atoms with E-state index in [9.17, 15) is 0 Å². The van der Waals surface area contributed by atoms with Crippen LogP contribution in [0.1, 0.15) is 42.9 Å². The minimum atomic E-state index is 0.562. The van der Waals surface area contributed by atoms with Crippen LogP contribution in [-0.4, -0.2) is 11.8 Å². The highest BCUT2D eigenvalue weighted by Crippen LogP contribution is 2.27. The zero-order valence-corrected chi connectivity index (χ0v) is 10.00. The largest absolute Gasteiger partial charge is 0.291 e. The summed E-state index contributed by atoms with van der Waals surface area (Å²) in [7, 11) is 0. The summed E-state index contributed by atoms with van der Waals surface area (Å²) >= 11 is 0. The second-order valence-corrected chi connectivity index (χ2v) is 5.17. The fourth-order valence-corrected chi connectivity index (χ4v) is 3.03. The van der Waals surface area contributed by atoms with Crippen LogP contribution in [0.5, 0.6) is 0 Å². The van der Waals surface area contributed by atoms with Crippen LogP contribution in [0.3, 0.4) is 0 Å². The van der Waals surface area contributed by atoms with Gasteiger partial charge in [-0.25, -0.2) is 0 Å². The molecule has 0 saturated heterocycles. The lowest BCUT2D eigenvalue weighted by molar-refractivity contribution is 0.739. The lowest BCUT2D eigenvalue weighted by Gasteiger charge is -2.08. The third-order valence-corrected chi connectivity index (χ3v) is 3.89. The second-order valence-electron chi connectivity index (χ2n) is 5.17. The van der Waals surface area contributed by atoms with Crippen LogP contribution in [-0.2, 0) is 19.3 Å². The molecule has 0 bridgehead atoms. The highest BCUT2D eigenvalue weighted by molar-refractivity contribution is 5.88. The maximum absolute atomic E-state index is 4.73. The Labute approximate surface area is 97.6 Å². The number of aliphatic imine (C=N–C) groups is 1. The second kappa shape index (κ2) is 4.04. The monoisotopic (exact) mass is 213 g/mol. The van der Waals surface area contributed by atoms with E-state index >= 15 is 0 Å². The van der Waals surface area contributed by atoms with Crippen LogP contribution in [0.25, 0.3) is 0 Å². The highest BCUT2D eigenvalue weighted by Gasteiger charge is 2.18. The molecule has 3 rings (SSSR count). The number of fused-ring (bicyclic) bond motifs is 1. The summed E-state index contributed by atoms with van der Waals surface area (Å²) < 4.78 is 0. The summed E-state index contributed by atoms with van der Waals surface area (Å²) in [5, 5.41) is 0. The summed E-state index contributed by atoms with van der Waals surface area (Å²) in [6, 6.07) is 7.38. The molecule has 0 spiro atoms. The molecule has 0 amide bonds. The van der Waals surface area contributed by atoms with Crippen molar-refractivity contribution in [2.75, 3.05) is 0 Å². The molecule has 0 saturated carbocycles. The van der Waals surface area contributed by atoms with E-state index in [0.717, 1.165) is 6.42 Å². The molecule has 1 aromatic rings. The smallest absolute Gasteiger partial charge is 0.0474 e. The normalized spacial score (nSPS) is 23.3. The Morgan fingerprint density at radius 1 is 1.25 bits per heavy atom. The number of hydrogen-bond donors (Lipinski definition) is 0. The molecule has 16 heavy (non-hydrogen) atoms. The number of rotatable bonds is 2. The molecule has 2 aliphatic rings. The lowest BCUT2D eigenvalue weighted by atomic mass is 9.98. The van der Waals surface area contributed by atoms with E-state index in [1.165, 1.54) is 37.8 Å². The fraction of sp³-hybridized carbons (Fsp3) is 0.533. The van der Waals surface area contributed by atoms with E-state index in [2.05, 4.69) is 25.1 Å². The van der Waals surface area contributed by atoms with Gasteiger partial charge in [0.05, 0.1) is 0 Å². The van der Waals surface area contributed by atoms with Gasteiger partial charge in [-0.1, -0.05) is 18.2 Å². The first kappa shape index (κ1) is 10.1. The highest BCUT2D eigenvalue weighted by atomic mass is 14.8. The predicted molar refractivity (Wildman–Crippen MR) is 68.3 cm³/mol. The molecule has 1 nitrogen and oxygen atoms in total. The van der Waals surface area contributed by atoms with E-state index in [1.807, 2.05) is 0 Å². The van der Waals surface area contributed by atoms with Crippen molar-refractivity contribution in [3.8, 4) is 0 Å². The van der Waals surface area contributed by atoms with Crippen molar-refractivity contribution < 1.29 is 0 Å². The van der Waals surface area contributed by atoms with E-state index in [4.69, 9.17) is 4.99 Å². The van der Waals surface area contributed by atoms with Gasteiger partial charge >= 0.3 is 0 Å². The van der Waals surface area contributed by atoms with Gasteiger partial charge in [0.15, 0.2) is 0 Å². The Hall–Kier alpha value is -1.11. The van der Waals surface area contributed by atoms with Crippen LogP contribution in [0.4, 0.5) is 0 Å². The van der Waals surface area contributed by atoms with Crippen molar-refractivity contribution in [1.29, 1.82) is 0 Å². The van der Waals surface area contributed by atoms with Crippen LogP contribution in [0.15, 0.2) is 23.2 Å². The lowest BCUT2D eigenvalue weighted by Crippen LogP contribution is -2.02. The quantitative estimate of drug-likeness (QED) is 0.714. The van der Waals surface area contributed by atoms with Gasteiger partial charge < -0.3 is 0 Å². The average Bonchev–Trinajstić information content (AvgIpc) is 2.87. The van der Waals surface area contributed by atoms with Gasteiger partial charge in [0, 0.05) is 18.2 Å². The van der Waals surface area contributed by atoms with Gasteiger partial charge in [0.2, 0.25) is 0 Å². The van der Waals surface area contributed by atoms with Crippen molar-refractivity contribution in [1.82, 2.24) is 0 Å². The Morgan fingerprint density at radius 2 is 2.19 bits per heavy atom. The maximum atomic E-state index is 4.73. The van der Waals surface area contributed by atoms with Crippen molar-refractivity contribution in [2.45, 2.75) is 51.5 Å². The molecule has 0 radical (unpaired) electrons. The topological polar surface area (TPSA) is 12.4 Å². The third kappa shape index (κ3) is 1.79. The molecule has 0 fully saturated rings. The van der Waals surface area contributed by atoms with Crippen molar-refractivity contribution in [3.63, 3.8) is 0 Å². The number of nitrogens with zero attached hydrogens (tertiary/aromatic N) is 1. The molecule has 84 valence electrons. The summed E-state index contributed by atoms with van der Waals surface area (Å²) in [6.45, 7) is 2.22. The molecule has 1 heterocycles. The number of benzene rings is 1. The zero-order chi connectivity index (χ0) is 11.0. The maximum Gasteiger partial charge on any atom is 0.0474 e. The van der Waals surface area contributed by atoms with E-state index < -0.39 is 0 Å². The first-order valence-electron chi connectivity index (χ1n) is 6.48. The van der Waals surface area contributed by atoms with Crippen LogP contribution < -0.4 is 0 Å². The van der Waals surface area contributed by atoms with Crippen LogP contribution in [0, 0.1) is 0 Å². The summed E-state index contributed by atoms with van der Waals surface area (Å²) in [5.74, 6) is 0. The summed E-state index contributed by atoms with van der Waals surface area (Å²) in [5.41, 5.74) is 6.18. The Balaban J connectivity index is 1.85. The molecule has 1 heteroatoms. The van der Waals surface area contributed by atoms with E-state index in [1.54, 1.807) is 16.7 Å². The fourth-order valence-electron chi connectivity index (χ4n) is 3.03. The zero-order valence-electron chi connectivity index (χ0n) is 10.00. The molecule has 1 aliphatic carbocycles. The molecule has 1 atom stereocenters. The third-order valence-electron chi connectivity index (χ3n) is 3.89. The molecular weight excluding hydrogens is 194 g/mol. The van der Waals surface area contributed by atoms with Gasteiger partial charge in [0.25, 0.3) is 0 Å². The van der Waals surface area contributed by atoms with Crippen molar-refractivity contribution in [2.24, 2.45) is 4.99 Å². The average molecular weight is 213 g/mol. The Morgan fingerprint density at radius 3 is 3.00 bits per heavy atom. The molecule has 1 aromatic carbocycles. The number of hydrogen-bond acceptors (Lipinski definition) is 1. The van der Waals surface area contributed by atoms with Gasteiger partial charge in [-0.2, -0.15) is 0 Å². The van der Waals surface area contributed by atoms with Crippen molar-refractivity contribution in [3.05, 3.63) is 34.9 Å². The predicted octanol–water partition coefficient (Wildman–Crippen LogP) is 3.34.